The first-order valence-electron chi connectivity index (χ1n) is 5.01. The number of nitrogens with zero attached hydrogens (tertiary/aromatic N) is 3. The Balaban J connectivity index is 2.84. The Morgan fingerprint density at radius 1 is 1.69 bits per heavy atom. The summed E-state index contributed by atoms with van der Waals surface area (Å²) in [7, 11) is 1.62. The molecule has 0 radical (unpaired) electrons. The third-order valence-corrected chi connectivity index (χ3v) is 2.51. The van der Waals surface area contributed by atoms with Crippen LogP contribution in [0.15, 0.2) is 6.20 Å². The molecule has 7 nitrogen and oxygen atoms in total. The summed E-state index contributed by atoms with van der Waals surface area (Å²) in [4.78, 5) is 10.2. The van der Waals surface area contributed by atoms with Gasteiger partial charge in [0.2, 0.25) is 5.82 Å². The van der Waals surface area contributed by atoms with Crippen molar-refractivity contribution in [3.05, 3.63) is 16.3 Å². The van der Waals surface area contributed by atoms with Crippen LogP contribution in [0, 0.1) is 16.0 Å². The monoisotopic (exact) mass is 228 g/mol. The second-order valence-electron chi connectivity index (χ2n) is 3.89. The van der Waals surface area contributed by atoms with Gasteiger partial charge in [0.05, 0.1) is 4.92 Å². The van der Waals surface area contributed by atoms with E-state index in [1.165, 1.54) is 10.9 Å². The standard InChI is InChI=1S/C9H16N4O3/c1-6(5-14)7(2)10-9-8(13(15)16)4-12(3)11-9/h4,6-7,14H,5H2,1-3H3,(H,10,11). The van der Waals surface area contributed by atoms with Crippen LogP contribution < -0.4 is 5.32 Å². The van der Waals surface area contributed by atoms with Gasteiger partial charge in [0, 0.05) is 19.7 Å². The van der Waals surface area contributed by atoms with Crippen molar-refractivity contribution < 1.29 is 10.0 Å². The molecule has 2 unspecified atom stereocenters. The lowest BCUT2D eigenvalue weighted by Gasteiger charge is -2.18. The Morgan fingerprint density at radius 3 is 2.81 bits per heavy atom. The van der Waals surface area contributed by atoms with Gasteiger partial charge in [-0.05, 0) is 12.8 Å². The minimum atomic E-state index is -0.480. The molecule has 1 heterocycles. The van der Waals surface area contributed by atoms with E-state index in [-0.39, 0.29) is 30.1 Å². The molecule has 7 heteroatoms. The van der Waals surface area contributed by atoms with Gasteiger partial charge >= 0.3 is 5.69 Å². The minimum absolute atomic E-state index is 0.00149. The molecule has 1 aromatic rings. The van der Waals surface area contributed by atoms with Crippen molar-refractivity contribution in [1.82, 2.24) is 9.78 Å². The van der Waals surface area contributed by atoms with Gasteiger partial charge in [-0.25, -0.2) is 0 Å². The fourth-order valence-electron chi connectivity index (χ4n) is 1.23. The van der Waals surface area contributed by atoms with Crippen LogP contribution in [0.5, 0.6) is 0 Å². The van der Waals surface area contributed by atoms with Gasteiger partial charge < -0.3 is 10.4 Å². The first-order chi connectivity index (χ1) is 7.45. The normalized spacial score (nSPS) is 14.5. The summed E-state index contributed by atoms with van der Waals surface area (Å²) in [5, 5.41) is 26.6. The van der Waals surface area contributed by atoms with Gasteiger partial charge in [0.25, 0.3) is 0 Å². The summed E-state index contributed by atoms with van der Waals surface area (Å²) in [6, 6.07) is -0.0846. The lowest BCUT2D eigenvalue weighted by molar-refractivity contribution is -0.384. The molecule has 1 rings (SSSR count). The summed E-state index contributed by atoms with van der Waals surface area (Å²) >= 11 is 0. The summed E-state index contributed by atoms with van der Waals surface area (Å²) in [6.45, 7) is 3.72. The molecule has 90 valence electrons. The smallest absolute Gasteiger partial charge is 0.330 e. The lowest BCUT2D eigenvalue weighted by atomic mass is 10.1. The van der Waals surface area contributed by atoms with Crippen molar-refractivity contribution in [3.8, 4) is 0 Å². The van der Waals surface area contributed by atoms with Gasteiger partial charge in [0.15, 0.2) is 0 Å². The molecular weight excluding hydrogens is 212 g/mol. The molecular formula is C9H16N4O3. The predicted octanol–water partition coefficient (Wildman–Crippen LogP) is 0.757. The van der Waals surface area contributed by atoms with Crippen LogP contribution in [0.1, 0.15) is 13.8 Å². The molecule has 0 aliphatic heterocycles. The maximum atomic E-state index is 10.7. The summed E-state index contributed by atoms with van der Waals surface area (Å²) in [6.07, 6.45) is 1.35. The number of aliphatic hydroxyl groups excluding tert-OH is 1. The van der Waals surface area contributed by atoms with Crippen LogP contribution in [-0.4, -0.2) is 32.5 Å². The largest absolute Gasteiger partial charge is 0.396 e. The quantitative estimate of drug-likeness (QED) is 0.573. The van der Waals surface area contributed by atoms with Gasteiger partial charge in [0.1, 0.15) is 6.20 Å². The van der Waals surface area contributed by atoms with Gasteiger partial charge in [-0.2, -0.15) is 0 Å². The third kappa shape index (κ3) is 2.69. The van der Waals surface area contributed by atoms with Crippen LogP contribution >= 0.6 is 0 Å². The van der Waals surface area contributed by atoms with Crippen LogP contribution in [0.4, 0.5) is 11.5 Å². The lowest BCUT2D eigenvalue weighted by Crippen LogP contribution is -2.26. The Hall–Kier alpha value is -1.63. The van der Waals surface area contributed by atoms with E-state index in [1.54, 1.807) is 7.05 Å². The first-order valence-corrected chi connectivity index (χ1v) is 5.01. The second kappa shape index (κ2) is 4.93. The van der Waals surface area contributed by atoms with Crippen molar-refractivity contribution in [1.29, 1.82) is 0 Å². The number of aryl methyl sites for hydroxylation is 1. The molecule has 0 saturated heterocycles. The maximum absolute atomic E-state index is 10.7. The number of nitro groups is 1. The van der Waals surface area contributed by atoms with Gasteiger partial charge in [-0.3, -0.25) is 14.8 Å². The molecule has 0 aliphatic carbocycles. The van der Waals surface area contributed by atoms with E-state index in [0.29, 0.717) is 0 Å². The molecule has 2 N–H and O–H groups in total. The summed E-state index contributed by atoms with van der Waals surface area (Å²) in [5.41, 5.74) is -0.0560. The highest BCUT2D eigenvalue weighted by molar-refractivity contribution is 5.55. The predicted molar refractivity (Wildman–Crippen MR) is 59.2 cm³/mol. The fourth-order valence-corrected chi connectivity index (χ4v) is 1.23. The van der Waals surface area contributed by atoms with E-state index in [2.05, 4.69) is 10.4 Å². The topological polar surface area (TPSA) is 93.2 Å². The molecule has 0 amide bonds. The SMILES string of the molecule is CC(CO)C(C)Nc1nn(C)cc1[N+](=O)[O-]. The number of anilines is 1. The molecule has 16 heavy (non-hydrogen) atoms. The average molecular weight is 228 g/mol. The highest BCUT2D eigenvalue weighted by atomic mass is 16.6. The molecule has 1 aromatic heterocycles. The van der Waals surface area contributed by atoms with Gasteiger partial charge in [-0.15, -0.1) is 5.10 Å². The number of nitrogens with one attached hydrogen (secondary N) is 1. The molecule has 0 bridgehead atoms. The maximum Gasteiger partial charge on any atom is 0.330 e. The van der Waals surface area contributed by atoms with Crippen molar-refractivity contribution in [3.63, 3.8) is 0 Å². The van der Waals surface area contributed by atoms with Crippen molar-refractivity contribution in [2.24, 2.45) is 13.0 Å². The molecule has 0 saturated carbocycles. The molecule has 0 aliphatic rings. The van der Waals surface area contributed by atoms with Crippen LogP contribution in [-0.2, 0) is 7.05 Å². The molecule has 2 atom stereocenters. The van der Waals surface area contributed by atoms with Crippen molar-refractivity contribution in [2.45, 2.75) is 19.9 Å². The van der Waals surface area contributed by atoms with Crippen LogP contribution in [0.2, 0.25) is 0 Å². The van der Waals surface area contributed by atoms with E-state index < -0.39 is 4.92 Å². The zero-order valence-corrected chi connectivity index (χ0v) is 9.54. The van der Waals surface area contributed by atoms with Crippen molar-refractivity contribution in [2.75, 3.05) is 11.9 Å². The number of aromatic nitrogens is 2. The Bertz CT molecular complexity index is 377. The number of rotatable bonds is 5. The Labute approximate surface area is 93.2 Å². The van der Waals surface area contributed by atoms with E-state index in [1.807, 2.05) is 13.8 Å². The van der Waals surface area contributed by atoms with E-state index in [4.69, 9.17) is 5.11 Å². The average Bonchev–Trinajstić information content (AvgIpc) is 2.58. The summed E-state index contributed by atoms with van der Waals surface area (Å²) in [5.74, 6) is 0.238. The van der Waals surface area contributed by atoms with Crippen molar-refractivity contribution >= 4 is 11.5 Å². The molecule has 0 fully saturated rings. The zero-order valence-electron chi connectivity index (χ0n) is 9.54. The first kappa shape index (κ1) is 12.4. The van der Waals surface area contributed by atoms with E-state index in [0.717, 1.165) is 0 Å². The highest BCUT2D eigenvalue weighted by Crippen LogP contribution is 2.23. The van der Waals surface area contributed by atoms with Crippen LogP contribution in [0.25, 0.3) is 0 Å². The number of hydrogen-bond donors (Lipinski definition) is 2. The second-order valence-corrected chi connectivity index (χ2v) is 3.89. The fraction of sp³-hybridized carbons (Fsp3) is 0.667. The highest BCUT2D eigenvalue weighted by Gasteiger charge is 2.21. The zero-order chi connectivity index (χ0) is 12.3. The third-order valence-electron chi connectivity index (χ3n) is 2.51. The number of aliphatic hydroxyl groups is 1. The summed E-state index contributed by atoms with van der Waals surface area (Å²) < 4.78 is 1.39. The molecule has 0 aromatic carbocycles. The Morgan fingerprint density at radius 2 is 2.31 bits per heavy atom. The Kier molecular flexibility index (Phi) is 3.83. The molecule has 0 spiro atoms. The number of hydrogen-bond acceptors (Lipinski definition) is 5. The van der Waals surface area contributed by atoms with E-state index >= 15 is 0 Å². The van der Waals surface area contributed by atoms with Crippen LogP contribution in [0.3, 0.4) is 0 Å². The van der Waals surface area contributed by atoms with E-state index in [9.17, 15) is 10.1 Å². The minimum Gasteiger partial charge on any atom is -0.396 e. The van der Waals surface area contributed by atoms with Gasteiger partial charge in [-0.1, -0.05) is 6.92 Å².